The quantitative estimate of drug-likeness (QED) is 0.745. The summed E-state index contributed by atoms with van der Waals surface area (Å²) in [5.41, 5.74) is 2.62. The molecular weight excluding hydrogens is 271 g/mol. The molecule has 0 radical (unpaired) electrons. The number of aryl methyl sites for hydroxylation is 1. The van der Waals surface area contributed by atoms with Crippen molar-refractivity contribution in [3.63, 3.8) is 0 Å². The van der Waals surface area contributed by atoms with Gasteiger partial charge in [-0.15, -0.1) is 10.2 Å². The molecule has 3 rings (SSSR count). The summed E-state index contributed by atoms with van der Waals surface area (Å²) in [4.78, 5) is 4.37. The summed E-state index contributed by atoms with van der Waals surface area (Å²) >= 11 is 0. The summed E-state index contributed by atoms with van der Waals surface area (Å²) in [6, 6.07) is 9.52. The Hall–Kier alpha value is -2.60. The highest BCUT2D eigenvalue weighted by molar-refractivity contribution is 5.52. The Balaban J connectivity index is 2.05. The minimum atomic E-state index is -0.358. The van der Waals surface area contributed by atoms with Crippen molar-refractivity contribution in [2.45, 2.75) is 13.5 Å². The van der Waals surface area contributed by atoms with E-state index in [-0.39, 0.29) is 12.4 Å². The van der Waals surface area contributed by atoms with Crippen LogP contribution in [0.3, 0.4) is 0 Å². The first-order valence-corrected chi connectivity index (χ1v) is 6.43. The van der Waals surface area contributed by atoms with E-state index in [2.05, 4.69) is 15.2 Å². The molecule has 21 heavy (non-hydrogen) atoms. The van der Waals surface area contributed by atoms with Gasteiger partial charge in [-0.3, -0.25) is 4.40 Å². The molecule has 0 spiro atoms. The second-order valence-electron chi connectivity index (χ2n) is 4.62. The number of azo groups is 1. The molecule has 2 heterocycles. The van der Waals surface area contributed by atoms with Crippen molar-refractivity contribution in [1.82, 2.24) is 9.38 Å². The molecule has 0 atom stereocenters. The summed E-state index contributed by atoms with van der Waals surface area (Å²) in [6.45, 7) is 1.76. The third kappa shape index (κ3) is 2.66. The number of pyridine rings is 1. The molecule has 0 aliphatic heterocycles. The van der Waals surface area contributed by atoms with Crippen molar-refractivity contribution < 1.29 is 9.50 Å². The zero-order valence-corrected chi connectivity index (χ0v) is 11.4. The van der Waals surface area contributed by atoms with Crippen LogP contribution in [0, 0.1) is 12.7 Å². The Morgan fingerprint density at radius 3 is 2.86 bits per heavy atom. The van der Waals surface area contributed by atoms with Crippen LogP contribution in [0.1, 0.15) is 11.3 Å². The largest absolute Gasteiger partial charge is 0.392 e. The van der Waals surface area contributed by atoms with Gasteiger partial charge in [0.05, 0.1) is 18.0 Å². The first-order valence-electron chi connectivity index (χ1n) is 6.43. The standard InChI is InChI=1S/C15H13FN4O/c1-10-15(19-18-13-4-2-3-12(16)7-13)20-8-11(9-21)5-6-14(20)17-10/h2-8,21H,9H2,1H3. The molecule has 0 fully saturated rings. The van der Waals surface area contributed by atoms with Crippen LogP contribution < -0.4 is 0 Å². The molecule has 0 amide bonds. The predicted molar refractivity (Wildman–Crippen MR) is 76.4 cm³/mol. The Bertz CT molecular complexity index is 826. The summed E-state index contributed by atoms with van der Waals surface area (Å²) in [7, 11) is 0. The molecule has 0 saturated carbocycles. The fraction of sp³-hybridized carbons (Fsp3) is 0.133. The van der Waals surface area contributed by atoms with Crippen LogP contribution in [-0.4, -0.2) is 14.5 Å². The number of aromatic nitrogens is 2. The molecule has 0 unspecified atom stereocenters. The minimum Gasteiger partial charge on any atom is -0.392 e. The highest BCUT2D eigenvalue weighted by Crippen LogP contribution is 2.24. The Labute approximate surface area is 120 Å². The minimum absolute atomic E-state index is 0.0619. The van der Waals surface area contributed by atoms with Gasteiger partial charge in [0.2, 0.25) is 0 Å². The van der Waals surface area contributed by atoms with Gasteiger partial charge in [0, 0.05) is 12.3 Å². The molecule has 3 aromatic rings. The lowest BCUT2D eigenvalue weighted by Crippen LogP contribution is -1.89. The van der Waals surface area contributed by atoms with Crippen LogP contribution in [0.4, 0.5) is 15.9 Å². The number of imidazole rings is 1. The molecule has 1 aromatic carbocycles. The van der Waals surface area contributed by atoms with E-state index in [9.17, 15) is 9.50 Å². The lowest BCUT2D eigenvalue weighted by Gasteiger charge is -1.99. The van der Waals surface area contributed by atoms with E-state index in [4.69, 9.17) is 0 Å². The Morgan fingerprint density at radius 2 is 2.10 bits per heavy atom. The topological polar surface area (TPSA) is 62.2 Å². The van der Waals surface area contributed by atoms with Crippen LogP contribution in [0.15, 0.2) is 52.8 Å². The van der Waals surface area contributed by atoms with Crippen molar-refractivity contribution in [3.8, 4) is 0 Å². The third-order valence-corrected chi connectivity index (χ3v) is 3.07. The molecule has 2 aromatic heterocycles. The van der Waals surface area contributed by atoms with Crippen molar-refractivity contribution in [3.05, 3.63) is 59.7 Å². The van der Waals surface area contributed by atoms with Crippen molar-refractivity contribution >= 4 is 17.2 Å². The highest BCUT2D eigenvalue weighted by atomic mass is 19.1. The third-order valence-electron chi connectivity index (χ3n) is 3.07. The van der Waals surface area contributed by atoms with Gasteiger partial charge in [0.25, 0.3) is 0 Å². The maximum atomic E-state index is 13.1. The molecule has 5 nitrogen and oxygen atoms in total. The number of fused-ring (bicyclic) bond motifs is 1. The van der Waals surface area contributed by atoms with Gasteiger partial charge >= 0.3 is 0 Å². The van der Waals surface area contributed by atoms with Crippen molar-refractivity contribution in [2.24, 2.45) is 10.2 Å². The zero-order chi connectivity index (χ0) is 14.8. The van der Waals surface area contributed by atoms with Gasteiger partial charge in [-0.2, -0.15) is 0 Å². The summed E-state index contributed by atoms with van der Waals surface area (Å²) < 4.78 is 14.9. The van der Waals surface area contributed by atoms with Crippen LogP contribution in [0.2, 0.25) is 0 Å². The maximum absolute atomic E-state index is 13.1. The number of halogens is 1. The van der Waals surface area contributed by atoms with Gasteiger partial charge in [-0.1, -0.05) is 12.1 Å². The fourth-order valence-electron chi connectivity index (χ4n) is 2.05. The summed E-state index contributed by atoms with van der Waals surface area (Å²) in [5.74, 6) is 0.202. The number of aliphatic hydroxyl groups is 1. The second-order valence-corrected chi connectivity index (χ2v) is 4.62. The first-order chi connectivity index (χ1) is 10.2. The van der Waals surface area contributed by atoms with E-state index in [0.717, 1.165) is 11.2 Å². The number of hydrogen-bond acceptors (Lipinski definition) is 4. The van der Waals surface area contributed by atoms with E-state index in [1.54, 1.807) is 34.9 Å². The fourth-order valence-corrected chi connectivity index (χ4v) is 2.05. The average molecular weight is 284 g/mol. The lowest BCUT2D eigenvalue weighted by atomic mass is 10.3. The molecule has 0 bridgehead atoms. The number of benzene rings is 1. The first kappa shape index (κ1) is 13.4. The van der Waals surface area contributed by atoms with E-state index in [1.165, 1.54) is 12.1 Å². The smallest absolute Gasteiger partial charge is 0.182 e. The lowest BCUT2D eigenvalue weighted by molar-refractivity contribution is 0.281. The summed E-state index contributed by atoms with van der Waals surface area (Å²) in [6.07, 6.45) is 1.76. The molecule has 6 heteroatoms. The van der Waals surface area contributed by atoms with Crippen LogP contribution in [-0.2, 0) is 6.61 Å². The highest BCUT2D eigenvalue weighted by Gasteiger charge is 2.08. The number of rotatable bonds is 3. The number of hydrogen-bond donors (Lipinski definition) is 1. The molecule has 0 aliphatic carbocycles. The van der Waals surface area contributed by atoms with Crippen LogP contribution >= 0.6 is 0 Å². The Kier molecular flexibility index (Phi) is 3.45. The molecule has 0 aliphatic rings. The van der Waals surface area contributed by atoms with E-state index in [0.29, 0.717) is 17.2 Å². The van der Waals surface area contributed by atoms with Gasteiger partial charge < -0.3 is 5.11 Å². The molecule has 106 valence electrons. The number of aliphatic hydroxyl groups excluding tert-OH is 1. The average Bonchev–Trinajstić information content (AvgIpc) is 2.79. The van der Waals surface area contributed by atoms with Crippen molar-refractivity contribution in [2.75, 3.05) is 0 Å². The normalized spacial score (nSPS) is 11.6. The van der Waals surface area contributed by atoms with Gasteiger partial charge in [-0.25, -0.2) is 9.37 Å². The molecular formula is C15H13FN4O. The number of nitrogens with zero attached hydrogens (tertiary/aromatic N) is 4. The summed E-state index contributed by atoms with van der Waals surface area (Å²) in [5, 5.41) is 17.4. The van der Waals surface area contributed by atoms with Gasteiger partial charge in [0.15, 0.2) is 5.82 Å². The van der Waals surface area contributed by atoms with Crippen LogP contribution in [0.25, 0.3) is 5.65 Å². The maximum Gasteiger partial charge on any atom is 0.182 e. The van der Waals surface area contributed by atoms with Gasteiger partial charge in [0.1, 0.15) is 11.5 Å². The monoisotopic (exact) mass is 284 g/mol. The molecule has 1 N–H and O–H groups in total. The van der Waals surface area contributed by atoms with E-state index in [1.807, 2.05) is 6.92 Å². The van der Waals surface area contributed by atoms with E-state index >= 15 is 0 Å². The Morgan fingerprint density at radius 1 is 1.24 bits per heavy atom. The van der Waals surface area contributed by atoms with Gasteiger partial charge in [-0.05, 0) is 30.7 Å². The SMILES string of the molecule is Cc1nc2ccc(CO)cn2c1N=Nc1cccc(F)c1. The van der Waals surface area contributed by atoms with Crippen LogP contribution in [0.5, 0.6) is 0 Å². The zero-order valence-electron chi connectivity index (χ0n) is 11.4. The van der Waals surface area contributed by atoms with E-state index < -0.39 is 0 Å². The molecule has 0 saturated heterocycles. The van der Waals surface area contributed by atoms with Crippen molar-refractivity contribution in [1.29, 1.82) is 0 Å². The second kappa shape index (κ2) is 5.41. The predicted octanol–water partition coefficient (Wildman–Crippen LogP) is 3.69.